The lowest BCUT2D eigenvalue weighted by Gasteiger charge is -2.07. The highest BCUT2D eigenvalue weighted by atomic mass is 32.1. The van der Waals surface area contributed by atoms with Gasteiger partial charge in [0.1, 0.15) is 11.5 Å². The molecule has 7 heteroatoms. The Kier molecular flexibility index (Phi) is 4.55. The summed E-state index contributed by atoms with van der Waals surface area (Å²) in [5.74, 6) is 0.904. The fraction of sp³-hybridized carbons (Fsp3) is 0.333. The molecule has 0 aromatic carbocycles. The summed E-state index contributed by atoms with van der Waals surface area (Å²) in [6, 6.07) is 6.08. The van der Waals surface area contributed by atoms with Crippen LogP contribution in [0.3, 0.4) is 0 Å². The summed E-state index contributed by atoms with van der Waals surface area (Å²) in [5, 5.41) is 23.4. The molecule has 0 saturated carbocycles. The summed E-state index contributed by atoms with van der Waals surface area (Å²) in [6.07, 6.45) is 3.89. The van der Waals surface area contributed by atoms with E-state index >= 15 is 0 Å². The summed E-state index contributed by atoms with van der Waals surface area (Å²) in [7, 11) is 0. The molecule has 3 rings (SSSR count). The second kappa shape index (κ2) is 6.76. The Hall–Kier alpha value is -2.12. The monoisotopic (exact) mass is 317 g/mol. The minimum atomic E-state index is 0.0635. The van der Waals surface area contributed by atoms with Gasteiger partial charge in [-0.3, -0.25) is 4.68 Å². The van der Waals surface area contributed by atoms with E-state index in [0.29, 0.717) is 13.1 Å². The van der Waals surface area contributed by atoms with E-state index in [4.69, 9.17) is 0 Å². The molecule has 0 amide bonds. The minimum Gasteiger partial charge on any atom is -0.394 e. The van der Waals surface area contributed by atoms with Gasteiger partial charge in [-0.25, -0.2) is 4.68 Å². The Balaban J connectivity index is 1.76. The molecule has 0 aliphatic heterocycles. The summed E-state index contributed by atoms with van der Waals surface area (Å²) < 4.78 is 3.71. The summed E-state index contributed by atoms with van der Waals surface area (Å²) >= 11 is 1.66. The smallest absolute Gasteiger partial charge is 0.125 e. The average molecular weight is 317 g/mol. The number of nitrogens with zero attached hydrogens (tertiary/aromatic N) is 4. The number of aromatic nitrogens is 4. The van der Waals surface area contributed by atoms with Gasteiger partial charge in [0.15, 0.2) is 0 Å². The number of aliphatic hydroxyl groups excluding tert-OH is 1. The van der Waals surface area contributed by atoms with Crippen molar-refractivity contribution in [1.82, 2.24) is 19.6 Å². The van der Waals surface area contributed by atoms with Crippen molar-refractivity contribution in [2.45, 2.75) is 26.6 Å². The molecule has 0 bridgehead atoms. The van der Waals surface area contributed by atoms with E-state index in [9.17, 15) is 5.11 Å². The molecule has 6 nitrogen and oxygen atoms in total. The van der Waals surface area contributed by atoms with E-state index in [2.05, 4.69) is 22.4 Å². The molecule has 116 valence electrons. The molecule has 3 heterocycles. The Bertz CT molecular complexity index is 716. The van der Waals surface area contributed by atoms with E-state index < -0.39 is 0 Å². The number of aryl methyl sites for hydroxylation is 1. The van der Waals surface area contributed by atoms with Gasteiger partial charge < -0.3 is 10.4 Å². The zero-order valence-electron chi connectivity index (χ0n) is 12.4. The zero-order chi connectivity index (χ0) is 15.4. The van der Waals surface area contributed by atoms with Gasteiger partial charge in [0.25, 0.3) is 0 Å². The van der Waals surface area contributed by atoms with Crippen LogP contribution in [0.2, 0.25) is 0 Å². The topological polar surface area (TPSA) is 67.9 Å². The SMILES string of the molecule is CCn1cc(CNc2cc(-c3cccs3)nn2CCO)cn1. The Labute approximate surface area is 133 Å². The van der Waals surface area contributed by atoms with Crippen LogP contribution in [0.15, 0.2) is 36.0 Å². The van der Waals surface area contributed by atoms with Gasteiger partial charge in [0.2, 0.25) is 0 Å². The van der Waals surface area contributed by atoms with Crippen LogP contribution in [0, 0.1) is 0 Å². The lowest BCUT2D eigenvalue weighted by atomic mass is 10.3. The van der Waals surface area contributed by atoms with E-state index in [1.54, 1.807) is 16.0 Å². The van der Waals surface area contributed by atoms with Crippen molar-refractivity contribution in [1.29, 1.82) is 0 Å². The first-order chi connectivity index (χ1) is 10.8. The van der Waals surface area contributed by atoms with E-state index in [0.717, 1.165) is 28.5 Å². The second-order valence-corrected chi connectivity index (χ2v) is 5.84. The quantitative estimate of drug-likeness (QED) is 0.702. The first kappa shape index (κ1) is 14.8. The lowest BCUT2D eigenvalue weighted by Crippen LogP contribution is -2.10. The fourth-order valence-corrected chi connectivity index (χ4v) is 2.91. The zero-order valence-corrected chi connectivity index (χ0v) is 13.3. The summed E-state index contributed by atoms with van der Waals surface area (Å²) in [5.41, 5.74) is 2.05. The molecular formula is C15H19N5OS. The number of anilines is 1. The van der Waals surface area contributed by atoms with Gasteiger partial charge in [0.05, 0.1) is 24.2 Å². The molecule has 0 spiro atoms. The molecule has 2 N–H and O–H groups in total. The van der Waals surface area contributed by atoms with Crippen LogP contribution in [0.5, 0.6) is 0 Å². The molecule has 0 atom stereocenters. The molecule has 22 heavy (non-hydrogen) atoms. The number of thiophene rings is 1. The van der Waals surface area contributed by atoms with Gasteiger partial charge in [-0.1, -0.05) is 6.07 Å². The number of hydrogen-bond donors (Lipinski definition) is 2. The van der Waals surface area contributed by atoms with Crippen LogP contribution in [0.4, 0.5) is 5.82 Å². The third-order valence-corrected chi connectivity index (χ3v) is 4.24. The van der Waals surface area contributed by atoms with Crippen molar-refractivity contribution in [3.63, 3.8) is 0 Å². The Morgan fingerprint density at radius 1 is 1.41 bits per heavy atom. The first-order valence-electron chi connectivity index (χ1n) is 7.28. The Morgan fingerprint density at radius 2 is 2.32 bits per heavy atom. The summed E-state index contributed by atoms with van der Waals surface area (Å²) in [4.78, 5) is 1.12. The van der Waals surface area contributed by atoms with Crippen LogP contribution >= 0.6 is 11.3 Å². The largest absolute Gasteiger partial charge is 0.394 e. The third-order valence-electron chi connectivity index (χ3n) is 3.35. The van der Waals surface area contributed by atoms with Gasteiger partial charge in [-0.2, -0.15) is 10.2 Å². The van der Waals surface area contributed by atoms with Crippen molar-refractivity contribution >= 4 is 17.2 Å². The van der Waals surface area contributed by atoms with Crippen molar-refractivity contribution in [2.24, 2.45) is 0 Å². The molecular weight excluding hydrogens is 298 g/mol. The molecule has 0 aliphatic rings. The standard InChI is InChI=1S/C15H19N5OS/c1-2-19-11-12(10-17-19)9-16-15-8-13(14-4-3-7-22-14)18-20(15)5-6-21/h3-4,7-8,10-11,16,21H,2,5-6,9H2,1H3. The van der Waals surface area contributed by atoms with Gasteiger partial charge in [-0.15, -0.1) is 11.3 Å². The first-order valence-corrected chi connectivity index (χ1v) is 8.16. The summed E-state index contributed by atoms with van der Waals surface area (Å²) in [6.45, 7) is 4.15. The van der Waals surface area contributed by atoms with Crippen LogP contribution < -0.4 is 5.32 Å². The maximum atomic E-state index is 9.21. The molecule has 0 aliphatic carbocycles. The van der Waals surface area contributed by atoms with Crippen LogP contribution in [0.1, 0.15) is 12.5 Å². The van der Waals surface area contributed by atoms with Gasteiger partial charge >= 0.3 is 0 Å². The maximum Gasteiger partial charge on any atom is 0.125 e. The van der Waals surface area contributed by atoms with Crippen molar-refractivity contribution in [3.05, 3.63) is 41.5 Å². The van der Waals surface area contributed by atoms with Crippen molar-refractivity contribution in [3.8, 4) is 10.6 Å². The van der Waals surface area contributed by atoms with E-state index in [1.807, 2.05) is 40.7 Å². The Morgan fingerprint density at radius 3 is 3.00 bits per heavy atom. The minimum absolute atomic E-state index is 0.0635. The van der Waals surface area contributed by atoms with E-state index in [-0.39, 0.29) is 6.61 Å². The predicted octanol–water partition coefficient (Wildman–Crippen LogP) is 2.43. The molecule has 0 fully saturated rings. The number of rotatable bonds is 7. The highest BCUT2D eigenvalue weighted by molar-refractivity contribution is 7.13. The van der Waals surface area contributed by atoms with Crippen LogP contribution in [-0.4, -0.2) is 31.3 Å². The second-order valence-electron chi connectivity index (χ2n) is 4.90. The van der Waals surface area contributed by atoms with Crippen LogP contribution in [-0.2, 0) is 19.6 Å². The number of aliphatic hydroxyl groups is 1. The molecule has 3 aromatic heterocycles. The molecule has 0 saturated heterocycles. The molecule has 0 unspecified atom stereocenters. The molecule has 0 radical (unpaired) electrons. The normalized spacial score (nSPS) is 11.0. The third kappa shape index (κ3) is 3.20. The highest BCUT2D eigenvalue weighted by Gasteiger charge is 2.10. The van der Waals surface area contributed by atoms with Gasteiger partial charge in [-0.05, 0) is 18.4 Å². The van der Waals surface area contributed by atoms with Gasteiger partial charge in [0, 0.05) is 30.9 Å². The number of hydrogen-bond acceptors (Lipinski definition) is 5. The fourth-order valence-electron chi connectivity index (χ4n) is 2.23. The lowest BCUT2D eigenvalue weighted by molar-refractivity contribution is 0.270. The number of nitrogens with one attached hydrogen (secondary N) is 1. The van der Waals surface area contributed by atoms with Crippen molar-refractivity contribution in [2.75, 3.05) is 11.9 Å². The predicted molar refractivity (Wildman–Crippen MR) is 87.9 cm³/mol. The highest BCUT2D eigenvalue weighted by Crippen LogP contribution is 2.26. The van der Waals surface area contributed by atoms with Crippen molar-refractivity contribution < 1.29 is 5.11 Å². The maximum absolute atomic E-state index is 9.21. The molecule has 3 aromatic rings. The van der Waals surface area contributed by atoms with Crippen LogP contribution in [0.25, 0.3) is 10.6 Å². The average Bonchev–Trinajstić information content (AvgIpc) is 3.26. The van der Waals surface area contributed by atoms with E-state index in [1.165, 1.54) is 0 Å².